The molecule has 0 aliphatic rings. The SMILES string of the molecule is O=C/C(=N\Nc1ccccc1)c1ccc([N+](=O)[O-])cc1. The number of nitro benzene ring substituents is 1. The van der Waals surface area contributed by atoms with Gasteiger partial charge in [0, 0.05) is 17.7 Å². The zero-order valence-electron chi connectivity index (χ0n) is 10.4. The van der Waals surface area contributed by atoms with Crippen LogP contribution in [0.4, 0.5) is 11.4 Å². The normalized spacial score (nSPS) is 10.9. The molecule has 0 saturated carbocycles. The quantitative estimate of drug-likeness (QED) is 0.391. The Kier molecular flexibility index (Phi) is 4.18. The Bertz CT molecular complexity index is 636. The fraction of sp³-hybridized carbons (Fsp3) is 0. The van der Waals surface area contributed by atoms with Crippen LogP contribution in [0.3, 0.4) is 0 Å². The van der Waals surface area contributed by atoms with Crippen molar-refractivity contribution < 1.29 is 9.72 Å². The molecule has 1 N–H and O–H groups in total. The van der Waals surface area contributed by atoms with E-state index in [0.29, 0.717) is 11.8 Å². The molecule has 0 aliphatic carbocycles. The summed E-state index contributed by atoms with van der Waals surface area (Å²) < 4.78 is 0. The van der Waals surface area contributed by atoms with Crippen LogP contribution in [-0.2, 0) is 4.79 Å². The molecule has 0 spiro atoms. The molecule has 6 nitrogen and oxygen atoms in total. The fourth-order valence-corrected chi connectivity index (χ4v) is 1.55. The third kappa shape index (κ3) is 3.26. The number of nitrogens with zero attached hydrogens (tertiary/aromatic N) is 2. The standard InChI is InChI=1S/C14H11N3O3/c18-10-14(16-15-12-4-2-1-3-5-12)11-6-8-13(9-7-11)17(19)20/h1-10,15H/b16-14+. The van der Waals surface area contributed by atoms with Gasteiger partial charge in [-0.05, 0) is 24.3 Å². The van der Waals surface area contributed by atoms with Crippen molar-refractivity contribution in [3.63, 3.8) is 0 Å². The maximum Gasteiger partial charge on any atom is 0.269 e. The number of carbonyl (C=O) groups excluding carboxylic acids is 1. The number of para-hydroxylation sites is 1. The number of rotatable bonds is 5. The van der Waals surface area contributed by atoms with Crippen LogP contribution in [0.2, 0.25) is 0 Å². The molecule has 100 valence electrons. The van der Waals surface area contributed by atoms with Crippen LogP contribution in [0.5, 0.6) is 0 Å². The lowest BCUT2D eigenvalue weighted by Gasteiger charge is -2.02. The van der Waals surface area contributed by atoms with E-state index in [9.17, 15) is 14.9 Å². The van der Waals surface area contributed by atoms with Crippen molar-refractivity contribution in [2.75, 3.05) is 5.43 Å². The van der Waals surface area contributed by atoms with E-state index in [4.69, 9.17) is 0 Å². The number of nitrogens with one attached hydrogen (secondary N) is 1. The van der Waals surface area contributed by atoms with E-state index in [1.807, 2.05) is 30.3 Å². The number of anilines is 1. The molecular weight excluding hydrogens is 258 g/mol. The third-order valence-corrected chi connectivity index (χ3v) is 2.56. The van der Waals surface area contributed by atoms with Gasteiger partial charge < -0.3 is 0 Å². The zero-order chi connectivity index (χ0) is 14.4. The zero-order valence-corrected chi connectivity index (χ0v) is 10.4. The lowest BCUT2D eigenvalue weighted by atomic mass is 10.1. The average Bonchev–Trinajstić information content (AvgIpc) is 2.49. The predicted molar refractivity (Wildman–Crippen MR) is 75.8 cm³/mol. The molecule has 20 heavy (non-hydrogen) atoms. The van der Waals surface area contributed by atoms with Crippen LogP contribution in [0.15, 0.2) is 59.7 Å². The van der Waals surface area contributed by atoms with Crippen LogP contribution in [0.1, 0.15) is 5.56 Å². The van der Waals surface area contributed by atoms with Gasteiger partial charge in [-0.25, -0.2) is 0 Å². The first kappa shape index (κ1) is 13.4. The molecule has 0 fully saturated rings. The first-order valence-corrected chi connectivity index (χ1v) is 5.79. The van der Waals surface area contributed by atoms with E-state index in [2.05, 4.69) is 10.5 Å². The number of hydrogen-bond acceptors (Lipinski definition) is 5. The molecule has 2 aromatic rings. The van der Waals surface area contributed by atoms with E-state index in [-0.39, 0.29) is 11.4 Å². The summed E-state index contributed by atoms with van der Waals surface area (Å²) in [7, 11) is 0. The maximum atomic E-state index is 11.0. The second kappa shape index (κ2) is 6.24. The number of benzene rings is 2. The molecule has 2 rings (SSSR count). The van der Waals surface area contributed by atoms with Crippen molar-refractivity contribution >= 4 is 23.4 Å². The van der Waals surface area contributed by atoms with Crippen molar-refractivity contribution in [2.45, 2.75) is 0 Å². The summed E-state index contributed by atoms with van der Waals surface area (Å²) in [6, 6.07) is 14.8. The maximum absolute atomic E-state index is 11.0. The second-order valence-corrected chi connectivity index (χ2v) is 3.90. The van der Waals surface area contributed by atoms with Gasteiger partial charge in [-0.2, -0.15) is 5.10 Å². The van der Waals surface area contributed by atoms with E-state index in [1.165, 1.54) is 24.3 Å². The summed E-state index contributed by atoms with van der Waals surface area (Å²) >= 11 is 0. The van der Waals surface area contributed by atoms with Crippen molar-refractivity contribution in [1.29, 1.82) is 0 Å². The fourth-order valence-electron chi connectivity index (χ4n) is 1.55. The first-order chi connectivity index (χ1) is 9.70. The van der Waals surface area contributed by atoms with Gasteiger partial charge in [0.2, 0.25) is 0 Å². The Morgan fingerprint density at radius 1 is 1.10 bits per heavy atom. The number of hydrogen-bond donors (Lipinski definition) is 1. The number of non-ortho nitro benzene ring substituents is 1. The summed E-state index contributed by atoms with van der Waals surface area (Å²) in [5.41, 5.74) is 4.14. The lowest BCUT2D eigenvalue weighted by Crippen LogP contribution is -2.06. The van der Waals surface area contributed by atoms with Gasteiger partial charge >= 0.3 is 0 Å². The Morgan fingerprint density at radius 3 is 2.30 bits per heavy atom. The average molecular weight is 269 g/mol. The summed E-state index contributed by atoms with van der Waals surface area (Å²) in [5, 5.41) is 14.5. The van der Waals surface area contributed by atoms with Crippen LogP contribution in [0.25, 0.3) is 0 Å². The highest BCUT2D eigenvalue weighted by Crippen LogP contribution is 2.12. The van der Waals surface area contributed by atoms with E-state index in [0.717, 1.165) is 5.69 Å². The van der Waals surface area contributed by atoms with E-state index < -0.39 is 4.92 Å². The molecule has 0 unspecified atom stereocenters. The van der Waals surface area contributed by atoms with Gasteiger partial charge in [-0.3, -0.25) is 20.3 Å². The highest BCUT2D eigenvalue weighted by atomic mass is 16.6. The number of carbonyl (C=O) groups is 1. The molecule has 6 heteroatoms. The van der Waals surface area contributed by atoms with Gasteiger partial charge in [0.15, 0.2) is 6.29 Å². The second-order valence-electron chi connectivity index (χ2n) is 3.90. The minimum atomic E-state index is -0.496. The van der Waals surface area contributed by atoms with Gasteiger partial charge in [0.25, 0.3) is 5.69 Å². The molecule has 0 aromatic heterocycles. The van der Waals surface area contributed by atoms with Crippen LogP contribution in [0, 0.1) is 10.1 Å². The molecule has 0 amide bonds. The van der Waals surface area contributed by atoms with Crippen LogP contribution in [-0.4, -0.2) is 16.9 Å². The lowest BCUT2D eigenvalue weighted by molar-refractivity contribution is -0.384. The van der Waals surface area contributed by atoms with Crippen molar-refractivity contribution in [3.8, 4) is 0 Å². The van der Waals surface area contributed by atoms with Gasteiger partial charge in [0.1, 0.15) is 5.71 Å². The first-order valence-electron chi connectivity index (χ1n) is 5.79. The highest BCUT2D eigenvalue weighted by Gasteiger charge is 2.07. The van der Waals surface area contributed by atoms with Crippen molar-refractivity contribution in [1.82, 2.24) is 0 Å². The van der Waals surface area contributed by atoms with Gasteiger partial charge in [-0.1, -0.05) is 18.2 Å². The third-order valence-electron chi connectivity index (χ3n) is 2.56. The Labute approximate surface area is 114 Å². The summed E-state index contributed by atoms with van der Waals surface area (Å²) in [6.07, 6.45) is 0.594. The highest BCUT2D eigenvalue weighted by molar-refractivity contribution is 6.36. The van der Waals surface area contributed by atoms with E-state index >= 15 is 0 Å². The Balaban J connectivity index is 2.19. The van der Waals surface area contributed by atoms with Crippen LogP contribution < -0.4 is 5.43 Å². The largest absolute Gasteiger partial charge is 0.296 e. The Hall–Kier alpha value is -3.02. The van der Waals surface area contributed by atoms with Crippen molar-refractivity contribution in [2.24, 2.45) is 5.10 Å². The number of nitro groups is 1. The monoisotopic (exact) mass is 269 g/mol. The van der Waals surface area contributed by atoms with Crippen LogP contribution >= 0.6 is 0 Å². The molecule has 0 saturated heterocycles. The molecular formula is C14H11N3O3. The molecule has 0 atom stereocenters. The summed E-state index contributed by atoms with van der Waals surface area (Å²) in [5.74, 6) is 0. The molecule has 0 bridgehead atoms. The predicted octanol–water partition coefficient (Wildman–Crippen LogP) is 2.61. The smallest absolute Gasteiger partial charge is 0.269 e. The Morgan fingerprint density at radius 2 is 1.75 bits per heavy atom. The summed E-state index contributed by atoms with van der Waals surface area (Å²) in [4.78, 5) is 21.1. The minimum absolute atomic E-state index is 0.0324. The number of hydrazone groups is 1. The molecule has 0 radical (unpaired) electrons. The summed E-state index contributed by atoms with van der Waals surface area (Å²) in [6.45, 7) is 0. The molecule has 2 aromatic carbocycles. The topological polar surface area (TPSA) is 84.6 Å². The number of aldehydes is 1. The molecule has 0 heterocycles. The minimum Gasteiger partial charge on any atom is -0.296 e. The van der Waals surface area contributed by atoms with Gasteiger partial charge in [-0.15, -0.1) is 0 Å². The van der Waals surface area contributed by atoms with E-state index in [1.54, 1.807) is 0 Å². The van der Waals surface area contributed by atoms with Crippen molar-refractivity contribution in [3.05, 3.63) is 70.3 Å². The van der Waals surface area contributed by atoms with Gasteiger partial charge in [0.05, 0.1) is 10.6 Å². The molecule has 0 aliphatic heterocycles.